The van der Waals surface area contributed by atoms with Crippen LogP contribution >= 0.6 is 0 Å². The molecule has 5 rings (SSSR count). The zero-order valence-electron chi connectivity index (χ0n) is 20.0. The van der Waals surface area contributed by atoms with E-state index in [1.807, 2.05) is 29.1 Å². The van der Waals surface area contributed by atoms with Crippen LogP contribution in [0.2, 0.25) is 0 Å². The molecule has 4 aromatic rings. The molecule has 3 heterocycles. The van der Waals surface area contributed by atoms with Gasteiger partial charge in [-0.1, -0.05) is 19.1 Å². The predicted octanol–water partition coefficient (Wildman–Crippen LogP) is 3.98. The Bertz CT molecular complexity index is 1260. The summed E-state index contributed by atoms with van der Waals surface area (Å²) in [6.45, 7) is 10.0. The summed E-state index contributed by atoms with van der Waals surface area (Å²) in [4.78, 5) is 9.33. The Morgan fingerprint density at radius 1 is 1.00 bits per heavy atom. The predicted molar refractivity (Wildman–Crippen MR) is 133 cm³/mol. The molecule has 1 fully saturated rings. The number of rotatable bonds is 6. The molecule has 2 aromatic heterocycles. The SMILES string of the molecule is CCC(C)(C)n1nnnc1[C@@H](c1ccc2ncccc2c1)N1CCN(c2ccc(O)cc2)CC1. The Hall–Kier alpha value is -3.52. The number of anilines is 1. The molecule has 34 heavy (non-hydrogen) atoms. The molecule has 0 aliphatic carbocycles. The molecule has 1 saturated heterocycles. The lowest BCUT2D eigenvalue weighted by atomic mass is 9.98. The molecule has 1 atom stereocenters. The Kier molecular flexibility index (Phi) is 5.91. The first-order valence-corrected chi connectivity index (χ1v) is 11.9. The van der Waals surface area contributed by atoms with E-state index in [1.54, 1.807) is 12.1 Å². The van der Waals surface area contributed by atoms with Crippen LogP contribution in [0.15, 0.2) is 60.8 Å². The van der Waals surface area contributed by atoms with Gasteiger partial charge in [-0.3, -0.25) is 9.88 Å². The summed E-state index contributed by atoms with van der Waals surface area (Å²) in [6.07, 6.45) is 2.75. The maximum atomic E-state index is 9.64. The molecule has 0 bridgehead atoms. The normalized spacial score (nSPS) is 16.1. The fourth-order valence-corrected chi connectivity index (χ4v) is 4.63. The van der Waals surface area contributed by atoms with Crippen LogP contribution in [0.1, 0.15) is 44.6 Å². The van der Waals surface area contributed by atoms with Gasteiger partial charge in [0.05, 0.1) is 17.1 Å². The summed E-state index contributed by atoms with van der Waals surface area (Å²) in [5.41, 5.74) is 3.09. The summed E-state index contributed by atoms with van der Waals surface area (Å²) in [5, 5.41) is 23.8. The van der Waals surface area contributed by atoms with E-state index < -0.39 is 0 Å². The van der Waals surface area contributed by atoms with Crippen molar-refractivity contribution in [2.24, 2.45) is 0 Å². The van der Waals surface area contributed by atoms with E-state index in [-0.39, 0.29) is 11.6 Å². The van der Waals surface area contributed by atoms with Crippen molar-refractivity contribution in [3.05, 3.63) is 72.2 Å². The number of aromatic nitrogens is 5. The lowest BCUT2D eigenvalue weighted by Gasteiger charge is -2.40. The number of benzene rings is 2. The van der Waals surface area contributed by atoms with Crippen molar-refractivity contribution in [2.45, 2.75) is 38.8 Å². The fourth-order valence-electron chi connectivity index (χ4n) is 4.63. The van der Waals surface area contributed by atoms with Gasteiger partial charge in [-0.2, -0.15) is 0 Å². The quantitative estimate of drug-likeness (QED) is 0.469. The number of hydrogen-bond acceptors (Lipinski definition) is 7. The maximum Gasteiger partial charge on any atom is 0.173 e. The number of phenolic OH excluding ortho intramolecular Hbond substituents is 1. The second-order valence-electron chi connectivity index (χ2n) is 9.51. The number of aromatic hydroxyl groups is 1. The van der Waals surface area contributed by atoms with Gasteiger partial charge in [0.1, 0.15) is 5.75 Å². The lowest BCUT2D eigenvalue weighted by molar-refractivity contribution is 0.187. The monoisotopic (exact) mass is 457 g/mol. The molecule has 8 heteroatoms. The summed E-state index contributed by atoms with van der Waals surface area (Å²) < 4.78 is 2.00. The Morgan fingerprint density at radius 3 is 2.50 bits per heavy atom. The summed E-state index contributed by atoms with van der Waals surface area (Å²) >= 11 is 0. The average molecular weight is 458 g/mol. The molecular weight excluding hydrogens is 426 g/mol. The van der Waals surface area contributed by atoms with Crippen LogP contribution < -0.4 is 4.90 Å². The van der Waals surface area contributed by atoms with E-state index in [4.69, 9.17) is 0 Å². The Balaban J connectivity index is 1.50. The van der Waals surface area contributed by atoms with Gasteiger partial charge < -0.3 is 10.0 Å². The van der Waals surface area contributed by atoms with Gasteiger partial charge in [-0.25, -0.2) is 4.68 Å². The smallest absolute Gasteiger partial charge is 0.173 e. The third-order valence-electron chi connectivity index (χ3n) is 7.01. The number of phenols is 1. The molecule has 2 aromatic carbocycles. The highest BCUT2D eigenvalue weighted by Gasteiger charge is 2.34. The van der Waals surface area contributed by atoms with E-state index in [0.717, 1.165) is 55.0 Å². The van der Waals surface area contributed by atoms with Crippen molar-refractivity contribution in [1.29, 1.82) is 0 Å². The first-order valence-electron chi connectivity index (χ1n) is 11.9. The number of fused-ring (bicyclic) bond motifs is 1. The van der Waals surface area contributed by atoms with Gasteiger partial charge in [0.25, 0.3) is 0 Å². The van der Waals surface area contributed by atoms with Crippen LogP contribution in [-0.4, -0.2) is 61.4 Å². The zero-order chi connectivity index (χ0) is 23.7. The van der Waals surface area contributed by atoms with Gasteiger partial charge in [-0.05, 0) is 78.7 Å². The van der Waals surface area contributed by atoms with Crippen molar-refractivity contribution < 1.29 is 5.11 Å². The number of hydrogen-bond donors (Lipinski definition) is 1. The fraction of sp³-hybridized carbons (Fsp3) is 0.385. The minimum atomic E-state index is -0.191. The molecule has 176 valence electrons. The topological polar surface area (TPSA) is 83.2 Å². The minimum absolute atomic E-state index is 0.0626. The van der Waals surface area contributed by atoms with Crippen molar-refractivity contribution in [1.82, 2.24) is 30.1 Å². The van der Waals surface area contributed by atoms with Crippen molar-refractivity contribution in [3.63, 3.8) is 0 Å². The summed E-state index contributed by atoms with van der Waals surface area (Å²) in [5.74, 6) is 1.16. The highest BCUT2D eigenvalue weighted by molar-refractivity contribution is 5.79. The molecule has 1 aliphatic heterocycles. The third kappa shape index (κ3) is 4.21. The summed E-state index contributed by atoms with van der Waals surface area (Å²) in [7, 11) is 0. The first kappa shape index (κ1) is 22.3. The molecule has 0 saturated carbocycles. The van der Waals surface area contributed by atoms with Gasteiger partial charge in [-0.15, -0.1) is 5.10 Å². The molecular formula is C26H31N7O. The molecule has 1 aliphatic rings. The number of pyridine rings is 1. The van der Waals surface area contributed by atoms with Gasteiger partial charge in [0.2, 0.25) is 0 Å². The van der Waals surface area contributed by atoms with E-state index in [0.29, 0.717) is 5.75 Å². The maximum absolute atomic E-state index is 9.64. The second kappa shape index (κ2) is 9.02. The first-order chi connectivity index (χ1) is 16.5. The van der Waals surface area contributed by atoms with Crippen LogP contribution in [0.4, 0.5) is 5.69 Å². The van der Waals surface area contributed by atoms with Crippen LogP contribution in [0, 0.1) is 0 Å². The molecule has 1 N–H and O–H groups in total. The highest BCUT2D eigenvalue weighted by atomic mass is 16.3. The molecule has 0 unspecified atom stereocenters. The molecule has 0 spiro atoms. The number of nitrogens with zero attached hydrogens (tertiary/aromatic N) is 7. The van der Waals surface area contributed by atoms with Crippen LogP contribution in [0.25, 0.3) is 10.9 Å². The van der Waals surface area contributed by atoms with Gasteiger partial charge in [0, 0.05) is 43.4 Å². The van der Waals surface area contributed by atoms with Crippen LogP contribution in [0.3, 0.4) is 0 Å². The van der Waals surface area contributed by atoms with Crippen LogP contribution in [0.5, 0.6) is 5.75 Å². The second-order valence-corrected chi connectivity index (χ2v) is 9.51. The molecule has 0 amide bonds. The minimum Gasteiger partial charge on any atom is -0.508 e. The largest absolute Gasteiger partial charge is 0.508 e. The van der Waals surface area contributed by atoms with E-state index in [1.165, 1.54) is 5.56 Å². The lowest BCUT2D eigenvalue weighted by Crippen LogP contribution is -2.48. The standard InChI is InChI=1S/C26H31N7O/c1-4-26(2,3)33-25(28-29-30-33)24(20-7-12-23-19(18-20)6-5-13-27-23)32-16-14-31(15-17-32)21-8-10-22(34)11-9-21/h5-13,18,24,34H,4,14-17H2,1-3H3/t24-/m1/s1. The Labute approximate surface area is 199 Å². The number of tetrazole rings is 1. The number of piperazine rings is 1. The van der Waals surface area contributed by atoms with Gasteiger partial charge >= 0.3 is 0 Å². The average Bonchev–Trinajstić information content (AvgIpc) is 3.35. The third-order valence-corrected chi connectivity index (χ3v) is 7.01. The zero-order valence-corrected chi connectivity index (χ0v) is 20.0. The van der Waals surface area contributed by atoms with Gasteiger partial charge in [0.15, 0.2) is 5.82 Å². The molecule has 8 nitrogen and oxygen atoms in total. The van der Waals surface area contributed by atoms with E-state index in [2.05, 4.69) is 75.3 Å². The van der Waals surface area contributed by atoms with E-state index >= 15 is 0 Å². The molecule has 0 radical (unpaired) electrons. The summed E-state index contributed by atoms with van der Waals surface area (Å²) in [6, 6.07) is 17.9. The van der Waals surface area contributed by atoms with Crippen molar-refractivity contribution >= 4 is 16.6 Å². The van der Waals surface area contributed by atoms with Crippen molar-refractivity contribution in [2.75, 3.05) is 31.1 Å². The highest BCUT2D eigenvalue weighted by Crippen LogP contribution is 2.33. The van der Waals surface area contributed by atoms with Crippen LogP contribution in [-0.2, 0) is 5.54 Å². The Morgan fingerprint density at radius 2 is 1.76 bits per heavy atom. The van der Waals surface area contributed by atoms with E-state index in [9.17, 15) is 5.11 Å². The van der Waals surface area contributed by atoms with Crippen molar-refractivity contribution in [3.8, 4) is 5.75 Å².